The van der Waals surface area contributed by atoms with Crippen molar-refractivity contribution in [3.05, 3.63) is 79.6 Å². The SMILES string of the molecule is Cc1ccc2nc(NCCCOC(C)C)c(/C=C3\SC(=S)N(Cc4ccccc4Cl)C3=O)c(=O)n2c1. The van der Waals surface area contributed by atoms with Gasteiger partial charge >= 0.3 is 0 Å². The fourth-order valence-electron chi connectivity index (χ4n) is 3.69. The highest BCUT2D eigenvalue weighted by molar-refractivity contribution is 8.26. The molecule has 7 nitrogen and oxygen atoms in total. The Morgan fingerprint density at radius 3 is 2.75 bits per heavy atom. The molecule has 4 rings (SSSR count). The molecule has 1 N–H and O–H groups in total. The first-order chi connectivity index (χ1) is 17.2. The topological polar surface area (TPSA) is 75.9 Å². The number of fused-ring (bicyclic) bond motifs is 1. The second-order valence-corrected chi connectivity index (χ2v) is 10.8. The molecule has 3 aromatic rings. The summed E-state index contributed by atoms with van der Waals surface area (Å²) in [4.78, 5) is 33.3. The molecule has 1 aliphatic rings. The van der Waals surface area contributed by atoms with Crippen LogP contribution >= 0.6 is 35.6 Å². The van der Waals surface area contributed by atoms with Crippen LogP contribution in [0.2, 0.25) is 5.02 Å². The standard InChI is InChI=1S/C26H27ClN4O3S2/c1-16(2)34-12-6-11-28-23-19(24(32)30-14-17(3)9-10-22(30)29-23)13-21-25(33)31(26(35)36-21)15-18-7-4-5-8-20(18)27/h4-5,7-10,13-14,16,28H,6,11-12,15H2,1-3H3/b21-13-. The Balaban J connectivity index is 1.66. The van der Waals surface area contributed by atoms with Gasteiger partial charge < -0.3 is 10.1 Å². The summed E-state index contributed by atoms with van der Waals surface area (Å²) in [6.45, 7) is 7.30. The molecule has 0 atom stereocenters. The lowest BCUT2D eigenvalue weighted by Gasteiger charge is -2.15. The maximum absolute atomic E-state index is 13.5. The van der Waals surface area contributed by atoms with Gasteiger partial charge in [0.15, 0.2) is 0 Å². The van der Waals surface area contributed by atoms with Gasteiger partial charge in [-0.1, -0.05) is 59.8 Å². The van der Waals surface area contributed by atoms with Crippen molar-refractivity contribution in [2.24, 2.45) is 0 Å². The van der Waals surface area contributed by atoms with Crippen molar-refractivity contribution in [3.63, 3.8) is 0 Å². The van der Waals surface area contributed by atoms with Crippen LogP contribution in [0.15, 0.2) is 52.3 Å². The number of anilines is 1. The van der Waals surface area contributed by atoms with Crippen LogP contribution in [0.5, 0.6) is 0 Å². The first-order valence-electron chi connectivity index (χ1n) is 11.6. The largest absolute Gasteiger partial charge is 0.379 e. The van der Waals surface area contributed by atoms with Gasteiger partial charge in [-0.05, 0) is 56.5 Å². The Morgan fingerprint density at radius 1 is 1.22 bits per heavy atom. The molecule has 0 unspecified atom stereocenters. The number of ether oxygens (including phenoxy) is 1. The Labute approximate surface area is 224 Å². The van der Waals surface area contributed by atoms with E-state index in [1.165, 1.54) is 9.30 Å². The minimum atomic E-state index is -0.269. The zero-order chi connectivity index (χ0) is 25.8. The number of hydrogen-bond donors (Lipinski definition) is 1. The number of thiocarbonyl (C=S) groups is 1. The molecule has 3 heterocycles. The van der Waals surface area contributed by atoms with Gasteiger partial charge in [0, 0.05) is 24.4 Å². The van der Waals surface area contributed by atoms with Crippen LogP contribution in [0.4, 0.5) is 5.82 Å². The summed E-state index contributed by atoms with van der Waals surface area (Å²) in [5.41, 5.74) is 2.29. The minimum absolute atomic E-state index is 0.153. The third kappa shape index (κ3) is 5.98. The van der Waals surface area contributed by atoms with Crippen molar-refractivity contribution in [1.29, 1.82) is 0 Å². The molecule has 0 aliphatic carbocycles. The molecule has 1 amide bonds. The highest BCUT2D eigenvalue weighted by Crippen LogP contribution is 2.34. The molecule has 0 radical (unpaired) electrons. The molecule has 36 heavy (non-hydrogen) atoms. The van der Waals surface area contributed by atoms with Crippen LogP contribution in [-0.2, 0) is 16.1 Å². The Bertz CT molecular complexity index is 1400. The first-order valence-corrected chi connectivity index (χ1v) is 13.2. The average Bonchev–Trinajstić information content (AvgIpc) is 3.10. The Morgan fingerprint density at radius 2 is 2.00 bits per heavy atom. The summed E-state index contributed by atoms with van der Waals surface area (Å²) in [5, 5.41) is 3.83. The fraction of sp³-hybridized carbons (Fsp3) is 0.308. The van der Waals surface area contributed by atoms with E-state index >= 15 is 0 Å². The fourth-order valence-corrected chi connectivity index (χ4v) is 5.12. The lowest BCUT2D eigenvalue weighted by molar-refractivity contribution is -0.122. The van der Waals surface area contributed by atoms with E-state index in [0.29, 0.717) is 44.4 Å². The predicted molar refractivity (Wildman–Crippen MR) is 151 cm³/mol. The number of carbonyl (C=O) groups excluding carboxylic acids is 1. The third-order valence-electron chi connectivity index (χ3n) is 5.51. The van der Waals surface area contributed by atoms with Crippen LogP contribution in [0.1, 0.15) is 37.0 Å². The number of rotatable bonds is 9. The van der Waals surface area contributed by atoms with E-state index in [4.69, 9.17) is 28.6 Å². The van der Waals surface area contributed by atoms with E-state index in [2.05, 4.69) is 10.3 Å². The predicted octanol–water partition coefficient (Wildman–Crippen LogP) is 5.28. The normalized spacial score (nSPS) is 15.0. The Hall–Kier alpha value is -2.72. The number of halogens is 1. The van der Waals surface area contributed by atoms with Gasteiger partial charge in [0.1, 0.15) is 15.8 Å². The van der Waals surface area contributed by atoms with E-state index < -0.39 is 0 Å². The van der Waals surface area contributed by atoms with Crippen molar-refractivity contribution in [2.45, 2.75) is 39.8 Å². The second-order valence-electron chi connectivity index (χ2n) is 8.67. The van der Waals surface area contributed by atoms with Crippen molar-refractivity contribution in [2.75, 3.05) is 18.5 Å². The van der Waals surface area contributed by atoms with Crippen molar-refractivity contribution >= 4 is 63.3 Å². The lowest BCUT2D eigenvalue weighted by Crippen LogP contribution is -2.27. The number of aryl methyl sites for hydroxylation is 1. The van der Waals surface area contributed by atoms with Gasteiger partial charge in [-0.15, -0.1) is 0 Å². The van der Waals surface area contributed by atoms with Crippen molar-refractivity contribution < 1.29 is 9.53 Å². The summed E-state index contributed by atoms with van der Waals surface area (Å²) < 4.78 is 7.52. The summed E-state index contributed by atoms with van der Waals surface area (Å²) in [6.07, 6.45) is 4.22. The zero-order valence-electron chi connectivity index (χ0n) is 20.3. The number of carbonyl (C=O) groups is 1. The molecular formula is C26H27ClN4O3S2. The number of nitrogens with one attached hydrogen (secondary N) is 1. The van der Waals surface area contributed by atoms with Gasteiger partial charge in [0.05, 0.1) is 23.1 Å². The highest BCUT2D eigenvalue weighted by Gasteiger charge is 2.33. The number of amides is 1. The van der Waals surface area contributed by atoms with E-state index in [9.17, 15) is 9.59 Å². The van der Waals surface area contributed by atoms with Crippen LogP contribution < -0.4 is 10.9 Å². The number of thioether (sulfide) groups is 1. The number of benzene rings is 1. The van der Waals surface area contributed by atoms with Crippen LogP contribution in [0.3, 0.4) is 0 Å². The van der Waals surface area contributed by atoms with Gasteiger partial charge in [-0.3, -0.25) is 18.9 Å². The summed E-state index contributed by atoms with van der Waals surface area (Å²) in [6, 6.07) is 11.0. The molecule has 1 aliphatic heterocycles. The zero-order valence-corrected chi connectivity index (χ0v) is 22.7. The van der Waals surface area contributed by atoms with Gasteiger partial charge in [0.2, 0.25) is 0 Å². The second kappa shape index (κ2) is 11.6. The quantitative estimate of drug-likeness (QED) is 0.224. The van der Waals surface area contributed by atoms with E-state index in [-0.39, 0.29) is 24.1 Å². The lowest BCUT2D eigenvalue weighted by atomic mass is 10.2. The van der Waals surface area contributed by atoms with Crippen molar-refractivity contribution in [3.8, 4) is 0 Å². The molecule has 1 fully saturated rings. The van der Waals surface area contributed by atoms with Crippen LogP contribution in [-0.4, -0.2) is 43.8 Å². The average molecular weight is 543 g/mol. The van der Waals surface area contributed by atoms with Gasteiger partial charge in [-0.2, -0.15) is 0 Å². The van der Waals surface area contributed by atoms with Gasteiger partial charge in [-0.25, -0.2) is 4.98 Å². The summed E-state index contributed by atoms with van der Waals surface area (Å²) in [7, 11) is 0. The Kier molecular flexibility index (Phi) is 8.46. The van der Waals surface area contributed by atoms with Crippen LogP contribution in [0, 0.1) is 6.92 Å². The number of pyridine rings is 1. The molecule has 188 valence electrons. The highest BCUT2D eigenvalue weighted by atomic mass is 35.5. The number of hydrogen-bond acceptors (Lipinski definition) is 7. The van der Waals surface area contributed by atoms with E-state index in [0.717, 1.165) is 29.3 Å². The van der Waals surface area contributed by atoms with E-state index in [1.54, 1.807) is 24.4 Å². The third-order valence-corrected chi connectivity index (χ3v) is 7.25. The minimum Gasteiger partial charge on any atom is -0.379 e. The molecule has 1 aromatic carbocycles. The number of nitrogens with zero attached hydrogens (tertiary/aromatic N) is 3. The molecule has 0 bridgehead atoms. The van der Waals surface area contributed by atoms with Crippen LogP contribution in [0.25, 0.3) is 11.7 Å². The molecule has 0 spiro atoms. The first kappa shape index (κ1) is 26.3. The molecule has 1 saturated heterocycles. The molecule has 0 saturated carbocycles. The smallest absolute Gasteiger partial charge is 0.267 e. The molecular weight excluding hydrogens is 516 g/mol. The summed E-state index contributed by atoms with van der Waals surface area (Å²) in [5.74, 6) is 0.153. The monoisotopic (exact) mass is 542 g/mol. The van der Waals surface area contributed by atoms with Crippen molar-refractivity contribution in [1.82, 2.24) is 14.3 Å². The van der Waals surface area contributed by atoms with Gasteiger partial charge in [0.25, 0.3) is 11.5 Å². The molecule has 10 heteroatoms. The maximum atomic E-state index is 13.5. The summed E-state index contributed by atoms with van der Waals surface area (Å²) >= 11 is 12.9. The van der Waals surface area contributed by atoms with E-state index in [1.807, 2.05) is 45.0 Å². The number of aromatic nitrogens is 2. The maximum Gasteiger partial charge on any atom is 0.267 e. The molecule has 2 aromatic heterocycles.